The summed E-state index contributed by atoms with van der Waals surface area (Å²) in [6.07, 6.45) is 9.80. The minimum atomic E-state index is -0.776. The highest BCUT2D eigenvalue weighted by Gasteiger charge is 2.36. The first-order chi connectivity index (χ1) is 9.27. The molecular formula is C17H24O2. The molecule has 0 saturated carbocycles. The Hall–Kier alpha value is -1.22. The van der Waals surface area contributed by atoms with Crippen molar-refractivity contribution >= 4 is 0 Å². The van der Waals surface area contributed by atoms with Crippen LogP contribution in [0.3, 0.4) is 0 Å². The Balaban J connectivity index is 2.03. The average molecular weight is 260 g/mol. The van der Waals surface area contributed by atoms with Crippen molar-refractivity contribution < 1.29 is 9.84 Å². The number of aliphatic hydroxyl groups is 1. The predicted molar refractivity (Wildman–Crippen MR) is 78.4 cm³/mol. The number of epoxide rings is 1. The van der Waals surface area contributed by atoms with Crippen LogP contribution < -0.4 is 0 Å². The van der Waals surface area contributed by atoms with E-state index in [-0.39, 0.29) is 0 Å². The lowest BCUT2D eigenvalue weighted by atomic mass is 10.1. The van der Waals surface area contributed by atoms with Gasteiger partial charge in [-0.2, -0.15) is 0 Å². The molecule has 1 rings (SSSR count). The molecule has 0 aromatic heterocycles. The minimum absolute atomic E-state index is 0.310. The molecule has 1 N–H and O–H groups in total. The molecule has 1 fully saturated rings. The summed E-state index contributed by atoms with van der Waals surface area (Å²) in [6, 6.07) is 0. The molecule has 0 aliphatic carbocycles. The fourth-order valence-electron chi connectivity index (χ4n) is 1.93. The molecule has 0 amide bonds. The Morgan fingerprint density at radius 1 is 1.21 bits per heavy atom. The van der Waals surface area contributed by atoms with Crippen molar-refractivity contribution in [3.8, 4) is 23.7 Å². The minimum Gasteiger partial charge on any atom is -0.377 e. The molecule has 1 aliphatic rings. The topological polar surface area (TPSA) is 32.8 Å². The monoisotopic (exact) mass is 260 g/mol. The van der Waals surface area contributed by atoms with Crippen LogP contribution in [0, 0.1) is 23.7 Å². The molecule has 0 radical (unpaired) electrons. The van der Waals surface area contributed by atoms with Crippen LogP contribution in [0.15, 0.2) is 12.7 Å². The summed E-state index contributed by atoms with van der Waals surface area (Å²) >= 11 is 0. The molecule has 19 heavy (non-hydrogen) atoms. The van der Waals surface area contributed by atoms with Crippen LogP contribution in [0.1, 0.15) is 51.9 Å². The summed E-state index contributed by atoms with van der Waals surface area (Å²) in [4.78, 5) is 0. The normalized spacial score (nSPS) is 21.6. The Kier molecular flexibility index (Phi) is 8.07. The van der Waals surface area contributed by atoms with Gasteiger partial charge in [0.1, 0.15) is 6.10 Å². The van der Waals surface area contributed by atoms with Crippen molar-refractivity contribution in [3.05, 3.63) is 12.7 Å². The van der Waals surface area contributed by atoms with E-state index in [2.05, 4.69) is 37.2 Å². The van der Waals surface area contributed by atoms with Gasteiger partial charge in [0.2, 0.25) is 0 Å². The van der Waals surface area contributed by atoms with Crippen molar-refractivity contribution in [1.82, 2.24) is 0 Å². The molecule has 1 aliphatic heterocycles. The number of hydrogen-bond acceptors (Lipinski definition) is 2. The van der Waals surface area contributed by atoms with Crippen LogP contribution in [0.2, 0.25) is 0 Å². The molecule has 2 heteroatoms. The standard InChI is InChI=1S/C17H24O2/c1-3-5-6-7-10-13-16-17(19-16)14-11-8-9-12-15(18)4-2/h4,15-18H,2-3,5-7,10,13-14H2,1H3/t15-,16+,17-/m1/s1. The quantitative estimate of drug-likeness (QED) is 0.315. The molecule has 3 atom stereocenters. The van der Waals surface area contributed by atoms with Crippen LogP contribution in [0.25, 0.3) is 0 Å². The maximum atomic E-state index is 9.10. The third-order valence-corrected chi connectivity index (χ3v) is 3.18. The lowest BCUT2D eigenvalue weighted by molar-refractivity contribution is 0.281. The summed E-state index contributed by atoms with van der Waals surface area (Å²) in [5, 5.41) is 9.10. The summed E-state index contributed by atoms with van der Waals surface area (Å²) in [5.41, 5.74) is 0. The first-order valence-corrected chi connectivity index (χ1v) is 7.22. The van der Waals surface area contributed by atoms with Crippen molar-refractivity contribution in [1.29, 1.82) is 0 Å². The zero-order chi connectivity index (χ0) is 13.9. The largest absolute Gasteiger partial charge is 0.377 e. The SMILES string of the molecule is C=C[C@@H](O)C#CC#CC[C@H]1O[C@H]1CCCCCCC. The molecule has 104 valence electrons. The van der Waals surface area contributed by atoms with E-state index in [9.17, 15) is 0 Å². The maximum absolute atomic E-state index is 9.10. The third kappa shape index (κ3) is 7.73. The maximum Gasteiger partial charge on any atom is 0.134 e. The van der Waals surface area contributed by atoms with Crippen molar-refractivity contribution in [2.24, 2.45) is 0 Å². The van der Waals surface area contributed by atoms with Gasteiger partial charge in [0.15, 0.2) is 0 Å². The summed E-state index contributed by atoms with van der Waals surface area (Å²) in [6.45, 7) is 5.67. The number of unbranched alkanes of at least 4 members (excludes halogenated alkanes) is 4. The van der Waals surface area contributed by atoms with E-state index >= 15 is 0 Å². The fourth-order valence-corrected chi connectivity index (χ4v) is 1.93. The second kappa shape index (κ2) is 9.68. The Morgan fingerprint density at radius 2 is 2.00 bits per heavy atom. The van der Waals surface area contributed by atoms with E-state index < -0.39 is 6.10 Å². The van der Waals surface area contributed by atoms with Crippen molar-refractivity contribution in [2.45, 2.75) is 70.2 Å². The molecule has 0 aromatic carbocycles. The average Bonchev–Trinajstić information content (AvgIpc) is 3.16. The number of ether oxygens (including phenoxy) is 1. The lowest BCUT2D eigenvalue weighted by Gasteiger charge is -1.96. The van der Waals surface area contributed by atoms with Gasteiger partial charge in [-0.05, 0) is 18.3 Å². The van der Waals surface area contributed by atoms with E-state index in [1.807, 2.05) is 0 Å². The molecule has 1 saturated heterocycles. The highest BCUT2D eigenvalue weighted by molar-refractivity contribution is 5.29. The van der Waals surface area contributed by atoms with Crippen LogP contribution in [0.5, 0.6) is 0 Å². The fraction of sp³-hybridized carbons (Fsp3) is 0.647. The van der Waals surface area contributed by atoms with E-state index in [1.54, 1.807) is 0 Å². The summed E-state index contributed by atoms with van der Waals surface area (Å²) in [7, 11) is 0. The zero-order valence-corrected chi connectivity index (χ0v) is 11.8. The predicted octanol–water partition coefficient (Wildman–Crippen LogP) is 3.06. The highest BCUT2D eigenvalue weighted by atomic mass is 16.6. The van der Waals surface area contributed by atoms with E-state index in [4.69, 9.17) is 9.84 Å². The first kappa shape index (κ1) is 15.8. The number of rotatable bonds is 8. The molecule has 0 unspecified atom stereocenters. The molecule has 0 spiro atoms. The third-order valence-electron chi connectivity index (χ3n) is 3.18. The highest BCUT2D eigenvalue weighted by Crippen LogP contribution is 2.29. The molecule has 2 nitrogen and oxygen atoms in total. The van der Waals surface area contributed by atoms with Crippen LogP contribution >= 0.6 is 0 Å². The van der Waals surface area contributed by atoms with Crippen molar-refractivity contribution in [3.63, 3.8) is 0 Å². The summed E-state index contributed by atoms with van der Waals surface area (Å²) < 4.78 is 5.56. The van der Waals surface area contributed by atoms with Crippen LogP contribution in [-0.2, 0) is 4.74 Å². The Labute approximate surface area is 117 Å². The number of aliphatic hydroxyl groups excluding tert-OH is 1. The summed E-state index contributed by atoms with van der Waals surface area (Å²) in [5.74, 6) is 10.9. The molecule has 1 heterocycles. The van der Waals surface area contributed by atoms with Crippen molar-refractivity contribution in [2.75, 3.05) is 0 Å². The molecule has 0 bridgehead atoms. The zero-order valence-electron chi connectivity index (χ0n) is 11.8. The van der Waals surface area contributed by atoms with E-state index in [0.29, 0.717) is 12.2 Å². The van der Waals surface area contributed by atoms with Gasteiger partial charge in [-0.15, -0.1) is 0 Å². The van der Waals surface area contributed by atoms with Gasteiger partial charge in [-0.1, -0.05) is 63.5 Å². The van der Waals surface area contributed by atoms with E-state index in [0.717, 1.165) is 12.8 Å². The van der Waals surface area contributed by atoms with Crippen LogP contribution in [0.4, 0.5) is 0 Å². The van der Waals surface area contributed by atoms with Gasteiger partial charge < -0.3 is 9.84 Å². The van der Waals surface area contributed by atoms with E-state index in [1.165, 1.54) is 38.2 Å². The number of hydrogen-bond donors (Lipinski definition) is 1. The van der Waals surface area contributed by atoms with Gasteiger partial charge in [0.25, 0.3) is 0 Å². The smallest absolute Gasteiger partial charge is 0.134 e. The van der Waals surface area contributed by atoms with Gasteiger partial charge in [0, 0.05) is 6.42 Å². The van der Waals surface area contributed by atoms with Crippen LogP contribution in [-0.4, -0.2) is 23.4 Å². The molecule has 0 aromatic rings. The second-order valence-electron chi connectivity index (χ2n) is 4.87. The second-order valence-corrected chi connectivity index (χ2v) is 4.87. The van der Waals surface area contributed by atoms with Gasteiger partial charge >= 0.3 is 0 Å². The first-order valence-electron chi connectivity index (χ1n) is 7.22. The Morgan fingerprint density at radius 3 is 2.74 bits per heavy atom. The van der Waals surface area contributed by atoms with Gasteiger partial charge in [-0.25, -0.2) is 0 Å². The lowest BCUT2D eigenvalue weighted by Crippen LogP contribution is -1.94. The Bertz CT molecular complexity index is 378. The van der Waals surface area contributed by atoms with Gasteiger partial charge in [-0.3, -0.25) is 0 Å². The van der Waals surface area contributed by atoms with Gasteiger partial charge in [0.05, 0.1) is 12.2 Å². The molecular weight excluding hydrogens is 236 g/mol.